The Bertz CT molecular complexity index is 471. The van der Waals surface area contributed by atoms with E-state index in [0.29, 0.717) is 0 Å². The predicted molar refractivity (Wildman–Crippen MR) is 71.1 cm³/mol. The van der Waals surface area contributed by atoms with Crippen LogP contribution in [0.1, 0.15) is 24.6 Å². The molecule has 0 radical (unpaired) electrons. The Hall–Kier alpha value is -1.62. The third kappa shape index (κ3) is 3.43. The zero-order chi connectivity index (χ0) is 12.8. The van der Waals surface area contributed by atoms with Crippen LogP contribution < -0.4 is 5.32 Å². The second-order valence-corrected chi connectivity index (χ2v) is 4.49. The summed E-state index contributed by atoms with van der Waals surface area (Å²) >= 11 is 0. The maximum Gasteiger partial charge on any atom is 0.0522 e. The maximum absolute atomic E-state index is 4.31. The summed E-state index contributed by atoms with van der Waals surface area (Å²) in [6.07, 6.45) is 7.97. The van der Waals surface area contributed by atoms with Crippen LogP contribution in [0.15, 0.2) is 24.7 Å². The molecule has 0 saturated heterocycles. The molecule has 2 rings (SSSR count). The lowest BCUT2D eigenvalue weighted by Crippen LogP contribution is -2.19. The molecule has 98 valence electrons. The van der Waals surface area contributed by atoms with Gasteiger partial charge in [0, 0.05) is 32.5 Å². The minimum absolute atomic E-state index is 0.875. The molecule has 2 heterocycles. The van der Waals surface area contributed by atoms with Crippen molar-refractivity contribution in [1.29, 1.82) is 0 Å². The highest BCUT2D eigenvalue weighted by Gasteiger charge is 2.01. The molecule has 0 aliphatic rings. The third-order valence-corrected chi connectivity index (χ3v) is 2.89. The molecule has 0 aliphatic carbocycles. The van der Waals surface area contributed by atoms with Gasteiger partial charge in [0.1, 0.15) is 0 Å². The van der Waals surface area contributed by atoms with Gasteiger partial charge in [0.2, 0.25) is 0 Å². The lowest BCUT2D eigenvalue weighted by Gasteiger charge is -2.07. The van der Waals surface area contributed by atoms with Crippen LogP contribution in [0.5, 0.6) is 0 Å². The summed E-state index contributed by atoms with van der Waals surface area (Å²) in [5, 5.41) is 11.9. The van der Waals surface area contributed by atoms with Crippen molar-refractivity contribution in [3.63, 3.8) is 0 Å². The first-order valence-electron chi connectivity index (χ1n) is 6.48. The van der Waals surface area contributed by atoms with Gasteiger partial charge in [-0.25, -0.2) is 0 Å². The van der Waals surface area contributed by atoms with E-state index in [1.807, 2.05) is 24.1 Å². The lowest BCUT2D eigenvalue weighted by atomic mass is 10.2. The summed E-state index contributed by atoms with van der Waals surface area (Å²) in [6.45, 7) is 5.00. The van der Waals surface area contributed by atoms with E-state index in [4.69, 9.17) is 0 Å². The SMILES string of the molecule is CCCn1nccc1CNCCc1cnn(C)c1. The van der Waals surface area contributed by atoms with Crippen LogP contribution >= 0.6 is 0 Å². The van der Waals surface area contributed by atoms with Crippen molar-refractivity contribution in [3.05, 3.63) is 35.9 Å². The average Bonchev–Trinajstić information content (AvgIpc) is 2.95. The van der Waals surface area contributed by atoms with Gasteiger partial charge in [-0.3, -0.25) is 9.36 Å². The Morgan fingerprint density at radius 1 is 1.33 bits per heavy atom. The fraction of sp³-hybridized carbons (Fsp3) is 0.538. The van der Waals surface area contributed by atoms with Gasteiger partial charge in [0.15, 0.2) is 0 Å². The van der Waals surface area contributed by atoms with E-state index < -0.39 is 0 Å². The van der Waals surface area contributed by atoms with Gasteiger partial charge in [0.25, 0.3) is 0 Å². The summed E-state index contributed by atoms with van der Waals surface area (Å²) in [5.74, 6) is 0. The van der Waals surface area contributed by atoms with E-state index in [-0.39, 0.29) is 0 Å². The minimum Gasteiger partial charge on any atom is -0.311 e. The molecule has 0 unspecified atom stereocenters. The molecule has 5 nitrogen and oxygen atoms in total. The topological polar surface area (TPSA) is 47.7 Å². The smallest absolute Gasteiger partial charge is 0.0522 e. The highest BCUT2D eigenvalue weighted by atomic mass is 15.3. The van der Waals surface area contributed by atoms with Crippen LogP contribution in [0.25, 0.3) is 0 Å². The molecule has 1 N–H and O–H groups in total. The Morgan fingerprint density at radius 3 is 2.94 bits per heavy atom. The Labute approximate surface area is 108 Å². The molecule has 2 aromatic rings. The molecule has 0 fully saturated rings. The predicted octanol–water partition coefficient (Wildman–Crippen LogP) is 1.36. The average molecular weight is 247 g/mol. The van der Waals surface area contributed by atoms with E-state index in [1.165, 1.54) is 11.3 Å². The molecule has 0 spiro atoms. The third-order valence-electron chi connectivity index (χ3n) is 2.89. The first-order chi connectivity index (χ1) is 8.79. The molecular weight excluding hydrogens is 226 g/mol. The van der Waals surface area contributed by atoms with Crippen molar-refractivity contribution in [2.45, 2.75) is 32.9 Å². The number of nitrogens with one attached hydrogen (secondary N) is 1. The van der Waals surface area contributed by atoms with Crippen molar-refractivity contribution in [3.8, 4) is 0 Å². The standard InChI is InChI=1S/C13H21N5/c1-3-8-18-13(5-7-15-18)10-14-6-4-12-9-16-17(2)11-12/h5,7,9,11,14H,3-4,6,8,10H2,1-2H3. The summed E-state index contributed by atoms with van der Waals surface area (Å²) < 4.78 is 3.91. The molecule has 18 heavy (non-hydrogen) atoms. The van der Waals surface area contributed by atoms with Crippen LogP contribution in [-0.2, 0) is 26.6 Å². The van der Waals surface area contributed by atoms with Gasteiger partial charge in [0.05, 0.1) is 11.9 Å². The van der Waals surface area contributed by atoms with E-state index >= 15 is 0 Å². The van der Waals surface area contributed by atoms with E-state index in [0.717, 1.165) is 32.5 Å². The first kappa shape index (κ1) is 12.8. The van der Waals surface area contributed by atoms with Crippen LogP contribution in [0.4, 0.5) is 0 Å². The second kappa shape index (κ2) is 6.35. The van der Waals surface area contributed by atoms with Gasteiger partial charge in [-0.15, -0.1) is 0 Å². The van der Waals surface area contributed by atoms with Gasteiger partial charge in [-0.2, -0.15) is 10.2 Å². The molecule has 0 atom stereocenters. The van der Waals surface area contributed by atoms with Gasteiger partial charge in [-0.05, 0) is 31.0 Å². The first-order valence-corrected chi connectivity index (χ1v) is 6.48. The van der Waals surface area contributed by atoms with Crippen molar-refractivity contribution in [1.82, 2.24) is 24.9 Å². The monoisotopic (exact) mass is 247 g/mol. The maximum atomic E-state index is 4.31. The Kier molecular flexibility index (Phi) is 4.52. The molecule has 0 aromatic carbocycles. The number of rotatable bonds is 7. The van der Waals surface area contributed by atoms with Crippen LogP contribution in [0.2, 0.25) is 0 Å². The highest BCUT2D eigenvalue weighted by Crippen LogP contribution is 2.00. The molecular formula is C13H21N5. The summed E-state index contributed by atoms with van der Waals surface area (Å²) in [5.41, 5.74) is 2.52. The zero-order valence-corrected chi connectivity index (χ0v) is 11.1. The largest absolute Gasteiger partial charge is 0.311 e. The summed E-state index contributed by atoms with van der Waals surface area (Å²) in [6, 6.07) is 2.08. The van der Waals surface area contributed by atoms with E-state index in [9.17, 15) is 0 Å². The van der Waals surface area contributed by atoms with Gasteiger partial charge < -0.3 is 5.32 Å². The highest BCUT2D eigenvalue weighted by molar-refractivity contribution is 5.04. The molecule has 2 aromatic heterocycles. The number of aryl methyl sites for hydroxylation is 2. The van der Waals surface area contributed by atoms with Gasteiger partial charge in [-0.1, -0.05) is 6.92 Å². The van der Waals surface area contributed by atoms with Gasteiger partial charge >= 0.3 is 0 Å². The molecule has 0 saturated carbocycles. The van der Waals surface area contributed by atoms with Crippen molar-refractivity contribution in [2.24, 2.45) is 7.05 Å². The number of hydrogen-bond acceptors (Lipinski definition) is 3. The fourth-order valence-corrected chi connectivity index (χ4v) is 1.97. The zero-order valence-electron chi connectivity index (χ0n) is 11.1. The Morgan fingerprint density at radius 2 is 2.22 bits per heavy atom. The van der Waals surface area contributed by atoms with Crippen LogP contribution in [0.3, 0.4) is 0 Å². The van der Waals surface area contributed by atoms with Crippen LogP contribution in [-0.4, -0.2) is 26.1 Å². The summed E-state index contributed by atoms with van der Waals surface area (Å²) in [4.78, 5) is 0. The number of nitrogens with zero attached hydrogens (tertiary/aromatic N) is 4. The van der Waals surface area contributed by atoms with Crippen LogP contribution in [0, 0.1) is 0 Å². The minimum atomic E-state index is 0.875. The molecule has 0 amide bonds. The quantitative estimate of drug-likeness (QED) is 0.752. The number of hydrogen-bond donors (Lipinski definition) is 1. The van der Waals surface area contributed by atoms with Crippen molar-refractivity contribution >= 4 is 0 Å². The molecule has 0 aliphatic heterocycles. The van der Waals surface area contributed by atoms with Crippen molar-refractivity contribution < 1.29 is 0 Å². The molecule has 5 heteroatoms. The molecule has 0 bridgehead atoms. The van der Waals surface area contributed by atoms with Crippen molar-refractivity contribution in [2.75, 3.05) is 6.54 Å². The lowest BCUT2D eigenvalue weighted by molar-refractivity contribution is 0.550. The van der Waals surface area contributed by atoms with E-state index in [2.05, 4.69) is 39.4 Å². The Balaban J connectivity index is 1.73. The second-order valence-electron chi connectivity index (χ2n) is 4.49. The normalized spacial score (nSPS) is 11.0. The summed E-state index contributed by atoms with van der Waals surface area (Å²) in [7, 11) is 1.94. The fourth-order valence-electron chi connectivity index (χ4n) is 1.97. The number of aromatic nitrogens is 4. The van der Waals surface area contributed by atoms with E-state index in [1.54, 1.807) is 0 Å².